The number of carbonyl (C=O) groups excluding carboxylic acids is 2. The first kappa shape index (κ1) is 26.8. The van der Waals surface area contributed by atoms with Crippen LogP contribution in [0.3, 0.4) is 0 Å². The van der Waals surface area contributed by atoms with E-state index in [0.717, 1.165) is 29.5 Å². The lowest BCUT2D eigenvalue weighted by atomic mass is 9.96. The van der Waals surface area contributed by atoms with Gasteiger partial charge in [0.25, 0.3) is 0 Å². The van der Waals surface area contributed by atoms with Gasteiger partial charge in [0, 0.05) is 0 Å². The van der Waals surface area contributed by atoms with E-state index < -0.39 is 31.1 Å². The average molecular weight is 465 g/mol. The predicted molar refractivity (Wildman–Crippen MR) is 132 cm³/mol. The van der Waals surface area contributed by atoms with E-state index in [2.05, 4.69) is 49.6 Å². The second-order valence-corrected chi connectivity index (χ2v) is 7.84. The van der Waals surface area contributed by atoms with Gasteiger partial charge in [-0.05, 0) is 42.0 Å². The molecule has 0 fully saturated rings. The fourth-order valence-corrected chi connectivity index (χ4v) is 3.15. The summed E-state index contributed by atoms with van der Waals surface area (Å²) in [6.45, 7) is 7.77. The molecule has 2 aromatic rings. The minimum atomic E-state index is -0.718. The van der Waals surface area contributed by atoms with Crippen molar-refractivity contribution in [3.05, 3.63) is 96.1 Å². The van der Waals surface area contributed by atoms with Gasteiger partial charge < -0.3 is 19.7 Å². The van der Waals surface area contributed by atoms with E-state index >= 15 is 0 Å². The third kappa shape index (κ3) is 8.14. The number of hydrogen-bond donors (Lipinski definition) is 2. The Kier molecular flexibility index (Phi) is 11.0. The van der Waals surface area contributed by atoms with Crippen LogP contribution in [-0.4, -0.2) is 48.6 Å². The Bertz CT molecular complexity index is 970. The minimum absolute atomic E-state index is 0.0612. The first-order valence-corrected chi connectivity index (χ1v) is 11.1. The lowest BCUT2D eigenvalue weighted by Crippen LogP contribution is -2.21. The Morgan fingerprint density at radius 3 is 1.76 bits per heavy atom. The Labute approximate surface area is 200 Å². The zero-order valence-corrected chi connectivity index (χ0v) is 19.5. The van der Waals surface area contributed by atoms with Crippen molar-refractivity contribution in [2.24, 2.45) is 0 Å². The van der Waals surface area contributed by atoms with Crippen molar-refractivity contribution < 1.29 is 29.3 Å². The van der Waals surface area contributed by atoms with Crippen LogP contribution in [0, 0.1) is 0 Å². The van der Waals surface area contributed by atoms with Crippen molar-refractivity contribution in [1.82, 2.24) is 0 Å². The Morgan fingerprint density at radius 1 is 0.853 bits per heavy atom. The zero-order chi connectivity index (χ0) is 24.9. The van der Waals surface area contributed by atoms with E-state index in [0.29, 0.717) is 0 Å². The van der Waals surface area contributed by atoms with E-state index in [1.165, 1.54) is 5.56 Å². The molecule has 0 radical (unpaired) electrons. The van der Waals surface area contributed by atoms with Crippen molar-refractivity contribution in [2.45, 2.75) is 25.7 Å². The smallest absolute Gasteiger partial charge is 0.335 e. The molecule has 0 heterocycles. The lowest BCUT2D eigenvalue weighted by Gasteiger charge is -2.18. The summed E-state index contributed by atoms with van der Waals surface area (Å²) in [5, 5.41) is 18.1. The molecule has 0 spiro atoms. The van der Waals surface area contributed by atoms with Crippen LogP contribution in [0.15, 0.2) is 85.0 Å². The van der Waals surface area contributed by atoms with Gasteiger partial charge in [-0.3, -0.25) is 0 Å². The number of benzene rings is 2. The average Bonchev–Trinajstić information content (AvgIpc) is 2.88. The van der Waals surface area contributed by atoms with Gasteiger partial charge in [0.05, 0.1) is 30.3 Å². The number of aliphatic hydroxyl groups excluding tert-OH is 2. The van der Waals surface area contributed by atoms with Gasteiger partial charge in [0.15, 0.2) is 0 Å². The third-order valence-electron chi connectivity index (χ3n) is 5.30. The summed E-state index contributed by atoms with van der Waals surface area (Å²) in [6, 6.07) is 16.1. The van der Waals surface area contributed by atoms with Crippen molar-refractivity contribution in [1.29, 1.82) is 0 Å². The standard InChI is InChI=1S/C28H32O6/c1-4-5-6-7-22-8-10-23(11-9-22)24-12-14-25(15-13-24)26(18-33-27(31)20(2)16-29)19-34-28(32)21(3)17-30/h4-5,8-15,26,29-30H,2-3,6-7,16-19H2,1H3/b5-4+. The number of esters is 2. The largest absolute Gasteiger partial charge is 0.461 e. The number of ether oxygens (including phenoxy) is 2. The molecule has 0 aromatic heterocycles. The van der Waals surface area contributed by atoms with Crippen molar-refractivity contribution >= 4 is 11.9 Å². The van der Waals surface area contributed by atoms with Crippen LogP contribution in [0.25, 0.3) is 11.1 Å². The molecule has 2 aromatic carbocycles. The molecular formula is C28H32O6. The summed E-state index contributed by atoms with van der Waals surface area (Å²) in [6.07, 6.45) is 6.21. The number of hydrogen-bond acceptors (Lipinski definition) is 6. The van der Waals surface area contributed by atoms with Gasteiger partial charge in [-0.15, -0.1) is 0 Å². The van der Waals surface area contributed by atoms with Crippen molar-refractivity contribution in [3.63, 3.8) is 0 Å². The van der Waals surface area contributed by atoms with Crippen LogP contribution in [0.2, 0.25) is 0 Å². The second kappa shape index (κ2) is 13.9. The predicted octanol–water partition coefficient (Wildman–Crippen LogP) is 4.13. The fraction of sp³-hybridized carbons (Fsp3) is 0.286. The molecule has 2 rings (SSSR count). The third-order valence-corrected chi connectivity index (χ3v) is 5.30. The lowest BCUT2D eigenvalue weighted by molar-refractivity contribution is -0.142. The molecule has 0 unspecified atom stereocenters. The first-order chi connectivity index (χ1) is 16.4. The zero-order valence-electron chi connectivity index (χ0n) is 19.5. The van der Waals surface area contributed by atoms with E-state index in [1.807, 2.05) is 31.2 Å². The Balaban J connectivity index is 2.13. The van der Waals surface area contributed by atoms with Gasteiger partial charge in [0.2, 0.25) is 0 Å². The number of carbonyl (C=O) groups is 2. The highest BCUT2D eigenvalue weighted by molar-refractivity contribution is 5.88. The summed E-state index contributed by atoms with van der Waals surface area (Å²) in [5.41, 5.74) is 4.06. The first-order valence-electron chi connectivity index (χ1n) is 11.1. The summed E-state index contributed by atoms with van der Waals surface area (Å²) in [7, 11) is 0. The van der Waals surface area contributed by atoms with Crippen LogP contribution in [0.5, 0.6) is 0 Å². The summed E-state index contributed by atoms with van der Waals surface area (Å²) in [5.74, 6) is -1.89. The van der Waals surface area contributed by atoms with E-state index in [1.54, 1.807) is 0 Å². The van der Waals surface area contributed by atoms with Crippen LogP contribution in [0.4, 0.5) is 0 Å². The van der Waals surface area contributed by atoms with Crippen LogP contribution in [-0.2, 0) is 25.5 Å². The molecule has 0 amide bonds. The second-order valence-electron chi connectivity index (χ2n) is 7.84. The minimum Gasteiger partial charge on any atom is -0.461 e. The normalized spacial score (nSPS) is 10.9. The SMILES string of the molecule is C=C(CO)C(=O)OCC(COC(=O)C(=C)CO)c1ccc(-c2ccc(CC/C=C/C)cc2)cc1. The summed E-state index contributed by atoms with van der Waals surface area (Å²) < 4.78 is 10.5. The van der Waals surface area contributed by atoms with Gasteiger partial charge >= 0.3 is 11.9 Å². The molecule has 0 aliphatic heterocycles. The monoisotopic (exact) mass is 464 g/mol. The number of allylic oxidation sites excluding steroid dienone is 2. The van der Waals surface area contributed by atoms with Gasteiger partial charge in [-0.2, -0.15) is 0 Å². The molecule has 2 N–H and O–H groups in total. The van der Waals surface area contributed by atoms with Crippen molar-refractivity contribution in [2.75, 3.05) is 26.4 Å². The number of aliphatic hydroxyl groups is 2. The number of aryl methyl sites for hydroxylation is 1. The van der Waals surface area contributed by atoms with Crippen LogP contribution < -0.4 is 0 Å². The van der Waals surface area contributed by atoms with Gasteiger partial charge in [-0.1, -0.05) is 73.8 Å². The molecule has 0 aliphatic rings. The summed E-state index contributed by atoms with van der Waals surface area (Å²) in [4.78, 5) is 23.8. The van der Waals surface area contributed by atoms with Crippen LogP contribution in [0.1, 0.15) is 30.4 Å². The summed E-state index contributed by atoms with van der Waals surface area (Å²) >= 11 is 0. The highest BCUT2D eigenvalue weighted by atomic mass is 16.5. The molecule has 0 atom stereocenters. The maximum Gasteiger partial charge on any atom is 0.335 e. The van der Waals surface area contributed by atoms with E-state index in [9.17, 15) is 9.59 Å². The Hall–Kier alpha value is -3.48. The molecule has 6 nitrogen and oxygen atoms in total. The highest BCUT2D eigenvalue weighted by Crippen LogP contribution is 2.25. The molecule has 0 saturated heterocycles. The topological polar surface area (TPSA) is 93.1 Å². The Morgan fingerprint density at radius 2 is 1.32 bits per heavy atom. The van der Waals surface area contributed by atoms with Crippen LogP contribution >= 0.6 is 0 Å². The highest BCUT2D eigenvalue weighted by Gasteiger charge is 2.19. The fourth-order valence-electron chi connectivity index (χ4n) is 3.15. The molecule has 34 heavy (non-hydrogen) atoms. The molecule has 180 valence electrons. The molecule has 6 heteroatoms. The maximum absolute atomic E-state index is 11.9. The van der Waals surface area contributed by atoms with E-state index in [-0.39, 0.29) is 24.4 Å². The molecule has 0 saturated carbocycles. The maximum atomic E-state index is 11.9. The van der Waals surface area contributed by atoms with Crippen molar-refractivity contribution in [3.8, 4) is 11.1 Å². The van der Waals surface area contributed by atoms with E-state index in [4.69, 9.17) is 19.7 Å². The molecular weight excluding hydrogens is 432 g/mol. The van der Waals surface area contributed by atoms with Gasteiger partial charge in [0.1, 0.15) is 13.2 Å². The molecule has 0 aliphatic carbocycles. The quantitative estimate of drug-likeness (QED) is 0.263. The molecule has 0 bridgehead atoms. The number of rotatable bonds is 13. The van der Waals surface area contributed by atoms with Gasteiger partial charge in [-0.25, -0.2) is 9.59 Å².